The first-order chi connectivity index (χ1) is 5.00. The van der Waals surface area contributed by atoms with Crippen LogP contribution in [0.15, 0.2) is 23.4 Å². The number of hydrogen-bond donors (Lipinski definition) is 0. The fraction of sp³-hybridized carbons (Fsp3) is 0.500. The average molecular weight is 165 g/mol. The van der Waals surface area contributed by atoms with Crippen LogP contribution in [0.4, 0.5) is 0 Å². The molecule has 60 valence electrons. The van der Waals surface area contributed by atoms with Gasteiger partial charge < -0.3 is 0 Å². The minimum Gasteiger partial charge on any atom is -0.0639 e. The Kier molecular flexibility index (Phi) is 2.28. The van der Waals surface area contributed by atoms with Crippen LogP contribution in [0.25, 0.3) is 0 Å². The lowest BCUT2D eigenvalue weighted by Gasteiger charge is -2.17. The molecule has 0 nitrogen and oxygen atoms in total. The highest BCUT2D eigenvalue weighted by Gasteiger charge is 2.24. The van der Waals surface area contributed by atoms with Crippen LogP contribution in [0.5, 0.6) is 0 Å². The van der Waals surface area contributed by atoms with Gasteiger partial charge in [-0.2, -0.15) is 0 Å². The third kappa shape index (κ3) is 2.26. The zero-order valence-electron chi connectivity index (χ0n) is 7.89. The van der Waals surface area contributed by atoms with Crippen LogP contribution >= 0.6 is 0 Å². The van der Waals surface area contributed by atoms with Crippen molar-refractivity contribution in [1.29, 1.82) is 0 Å². The monoisotopic (exact) mass is 165 g/mol. The predicted octanol–water partition coefficient (Wildman–Crippen LogP) is 3.20. The molecule has 1 heteroatoms. The van der Waals surface area contributed by atoms with E-state index in [2.05, 4.69) is 51.2 Å². The van der Waals surface area contributed by atoms with Crippen molar-refractivity contribution in [2.45, 2.75) is 26.6 Å². The summed E-state index contributed by atoms with van der Waals surface area (Å²) in [5, 5.41) is 1.59. The third-order valence-corrected chi connectivity index (χ3v) is 4.06. The van der Waals surface area contributed by atoms with Gasteiger partial charge in [0, 0.05) is 11.6 Å². The van der Waals surface area contributed by atoms with Crippen molar-refractivity contribution in [2.24, 2.45) is 5.92 Å². The molecule has 0 aromatic heterocycles. The maximum atomic E-state index is 2.40. The van der Waals surface area contributed by atoms with E-state index in [1.165, 1.54) is 0 Å². The molecule has 0 radical (unpaired) electrons. The standard InChI is InChI=1S/C10H17Si/c1-9-6-5-7-10(8-9)11(2,3)4/h5-9H,1-4H3/q+1. The average Bonchev–Trinajstić information content (AvgIpc) is 1.86. The Labute approximate surface area is 71.0 Å². The van der Waals surface area contributed by atoms with E-state index in [9.17, 15) is 0 Å². The van der Waals surface area contributed by atoms with Crippen molar-refractivity contribution in [2.75, 3.05) is 0 Å². The van der Waals surface area contributed by atoms with Gasteiger partial charge >= 0.3 is 0 Å². The Bertz CT molecular complexity index is 193. The maximum Gasteiger partial charge on any atom is 0.103 e. The molecule has 0 heterocycles. The summed E-state index contributed by atoms with van der Waals surface area (Å²) < 4.78 is 0. The Morgan fingerprint density at radius 3 is 2.36 bits per heavy atom. The Hall–Kier alpha value is -0.433. The summed E-state index contributed by atoms with van der Waals surface area (Å²) in [6, 6.07) is 0. The highest BCUT2D eigenvalue weighted by molar-refractivity contribution is 6.83. The molecule has 1 rings (SSSR count). The van der Waals surface area contributed by atoms with Gasteiger partial charge in [-0.1, -0.05) is 19.6 Å². The number of hydrogen-bond acceptors (Lipinski definition) is 0. The van der Waals surface area contributed by atoms with E-state index in [1.807, 2.05) is 0 Å². The lowest BCUT2D eigenvalue weighted by Crippen LogP contribution is -2.24. The highest BCUT2D eigenvalue weighted by atomic mass is 28.3. The summed E-state index contributed by atoms with van der Waals surface area (Å²) in [6.07, 6.45) is 9.10. The van der Waals surface area contributed by atoms with Crippen LogP contribution in [0.1, 0.15) is 6.92 Å². The molecule has 0 aromatic rings. The molecular formula is C10H17Si+. The lowest BCUT2D eigenvalue weighted by molar-refractivity contribution is 0.873. The second-order valence-corrected chi connectivity index (χ2v) is 9.36. The number of rotatable bonds is 1. The summed E-state index contributed by atoms with van der Waals surface area (Å²) in [4.78, 5) is 0. The van der Waals surface area contributed by atoms with Crippen molar-refractivity contribution in [3.8, 4) is 0 Å². The predicted molar refractivity (Wildman–Crippen MR) is 54.0 cm³/mol. The van der Waals surface area contributed by atoms with Crippen LogP contribution in [-0.4, -0.2) is 8.07 Å². The van der Waals surface area contributed by atoms with Crippen molar-refractivity contribution in [3.63, 3.8) is 0 Å². The van der Waals surface area contributed by atoms with E-state index in [0.29, 0.717) is 5.92 Å². The fourth-order valence-electron chi connectivity index (χ4n) is 1.23. The molecule has 0 amide bonds. The summed E-state index contributed by atoms with van der Waals surface area (Å²) >= 11 is 0. The molecule has 11 heavy (non-hydrogen) atoms. The molecule has 0 saturated heterocycles. The van der Waals surface area contributed by atoms with Crippen LogP contribution in [0.3, 0.4) is 0 Å². The van der Waals surface area contributed by atoms with E-state index in [1.54, 1.807) is 5.20 Å². The van der Waals surface area contributed by atoms with Crippen LogP contribution in [0.2, 0.25) is 19.6 Å². The first kappa shape index (κ1) is 8.66. The van der Waals surface area contributed by atoms with Crippen LogP contribution in [-0.2, 0) is 0 Å². The fourth-order valence-corrected chi connectivity index (χ4v) is 2.59. The number of allylic oxidation sites excluding steroid dienone is 4. The molecule has 0 spiro atoms. The van der Waals surface area contributed by atoms with Gasteiger partial charge in [0.15, 0.2) is 0 Å². The quantitative estimate of drug-likeness (QED) is 0.413. The first-order valence-electron chi connectivity index (χ1n) is 4.24. The van der Waals surface area contributed by atoms with Gasteiger partial charge in [0.25, 0.3) is 0 Å². The molecule has 1 unspecified atom stereocenters. The van der Waals surface area contributed by atoms with E-state index in [4.69, 9.17) is 0 Å². The van der Waals surface area contributed by atoms with Crippen molar-refractivity contribution in [1.82, 2.24) is 0 Å². The minimum atomic E-state index is -1.04. The maximum absolute atomic E-state index is 2.40. The van der Waals surface area contributed by atoms with E-state index < -0.39 is 8.07 Å². The van der Waals surface area contributed by atoms with Gasteiger partial charge in [0.1, 0.15) is 8.07 Å². The second kappa shape index (κ2) is 2.90. The largest absolute Gasteiger partial charge is 0.103 e. The second-order valence-electron chi connectivity index (χ2n) is 4.28. The molecule has 0 saturated carbocycles. The van der Waals surface area contributed by atoms with Gasteiger partial charge in [-0.05, 0) is 13.0 Å². The van der Waals surface area contributed by atoms with Gasteiger partial charge in [-0.3, -0.25) is 0 Å². The van der Waals surface area contributed by atoms with E-state index in [0.717, 1.165) is 0 Å². The lowest BCUT2D eigenvalue weighted by atomic mass is 10.0. The van der Waals surface area contributed by atoms with E-state index >= 15 is 0 Å². The summed E-state index contributed by atoms with van der Waals surface area (Å²) in [7, 11) is -1.04. The third-order valence-electron chi connectivity index (χ3n) is 2.00. The van der Waals surface area contributed by atoms with Crippen molar-refractivity contribution < 1.29 is 0 Å². The molecular weight excluding hydrogens is 148 g/mol. The zero-order valence-corrected chi connectivity index (χ0v) is 8.89. The smallest absolute Gasteiger partial charge is 0.0639 e. The van der Waals surface area contributed by atoms with Gasteiger partial charge in [0.05, 0.1) is 18.1 Å². The summed E-state index contributed by atoms with van der Waals surface area (Å²) in [6.45, 7) is 9.41. The molecule has 0 N–H and O–H groups in total. The van der Waals surface area contributed by atoms with Gasteiger partial charge in [-0.15, -0.1) is 0 Å². The van der Waals surface area contributed by atoms with Crippen molar-refractivity contribution in [3.05, 3.63) is 29.8 Å². The van der Waals surface area contributed by atoms with Gasteiger partial charge in [0.2, 0.25) is 0 Å². The molecule has 1 atom stereocenters. The topological polar surface area (TPSA) is 0 Å². The van der Waals surface area contributed by atoms with Crippen LogP contribution < -0.4 is 0 Å². The SMILES string of the molecule is CC1C=C([Si](C)(C)C)C=C[CH+]1. The molecule has 0 aromatic carbocycles. The van der Waals surface area contributed by atoms with Gasteiger partial charge in [-0.25, -0.2) is 0 Å². The normalized spacial score (nSPS) is 24.4. The Morgan fingerprint density at radius 1 is 1.36 bits per heavy atom. The Morgan fingerprint density at radius 2 is 2.00 bits per heavy atom. The molecule has 0 aliphatic heterocycles. The Balaban J connectivity index is 2.80. The highest BCUT2D eigenvalue weighted by Crippen LogP contribution is 2.23. The zero-order chi connectivity index (χ0) is 8.48. The van der Waals surface area contributed by atoms with Crippen LogP contribution in [0, 0.1) is 12.3 Å². The van der Waals surface area contributed by atoms with E-state index in [-0.39, 0.29) is 0 Å². The molecule has 1 aliphatic carbocycles. The summed E-state index contributed by atoms with van der Waals surface area (Å²) in [5.41, 5.74) is 0. The summed E-state index contributed by atoms with van der Waals surface area (Å²) in [5.74, 6) is 0.640. The van der Waals surface area contributed by atoms with Crippen molar-refractivity contribution >= 4 is 8.07 Å². The molecule has 0 bridgehead atoms. The molecule has 0 fully saturated rings. The minimum absolute atomic E-state index is 0.640. The molecule has 1 aliphatic rings. The first-order valence-corrected chi connectivity index (χ1v) is 7.74.